The Hall–Kier alpha value is -2.04. The van der Waals surface area contributed by atoms with Crippen LogP contribution in [-0.4, -0.2) is 32.3 Å². The van der Waals surface area contributed by atoms with Crippen molar-refractivity contribution in [3.8, 4) is 0 Å². The molecule has 1 aliphatic heterocycles. The number of hydrogen-bond acceptors (Lipinski definition) is 5. The van der Waals surface area contributed by atoms with Crippen LogP contribution >= 0.6 is 0 Å². The van der Waals surface area contributed by atoms with Crippen molar-refractivity contribution in [1.29, 1.82) is 0 Å². The fourth-order valence-electron chi connectivity index (χ4n) is 3.08. The maximum Gasteiger partial charge on any atom is 0.337 e. The molecule has 0 saturated carbocycles. The lowest BCUT2D eigenvalue weighted by molar-refractivity contribution is -0.152. The van der Waals surface area contributed by atoms with Crippen molar-refractivity contribution < 1.29 is 23.8 Å². The van der Waals surface area contributed by atoms with E-state index in [9.17, 15) is 9.59 Å². The summed E-state index contributed by atoms with van der Waals surface area (Å²) in [6, 6.07) is 0. The summed E-state index contributed by atoms with van der Waals surface area (Å²) >= 11 is 0. The zero-order chi connectivity index (χ0) is 14.9. The molecular formula is C15H18O5. The van der Waals surface area contributed by atoms with Crippen LogP contribution in [0.4, 0.5) is 0 Å². The van der Waals surface area contributed by atoms with Crippen LogP contribution in [0.2, 0.25) is 0 Å². The van der Waals surface area contributed by atoms with E-state index in [4.69, 9.17) is 14.2 Å². The van der Waals surface area contributed by atoms with E-state index in [1.54, 1.807) is 12.2 Å². The predicted octanol–water partition coefficient (Wildman–Crippen LogP) is 1.75. The standard InChI is InChI=1S/C15H18O5/c1-5-9-7-11(13(16)18-3)12-15(9,14(17)19-4)8-10(6-2)20-12/h5-6,9-10H,1-2,7-8H2,3-4H3/t9?,10-,15+/m0/s1. The molecule has 1 heterocycles. The van der Waals surface area contributed by atoms with Gasteiger partial charge in [0.15, 0.2) is 0 Å². The van der Waals surface area contributed by atoms with Crippen LogP contribution in [0.3, 0.4) is 0 Å². The monoisotopic (exact) mass is 278 g/mol. The maximum atomic E-state index is 12.3. The van der Waals surface area contributed by atoms with Crippen molar-refractivity contribution in [3.05, 3.63) is 36.6 Å². The molecule has 3 atom stereocenters. The second-order valence-corrected chi connectivity index (χ2v) is 4.90. The van der Waals surface area contributed by atoms with Gasteiger partial charge in [-0.2, -0.15) is 0 Å². The first kappa shape index (κ1) is 14.4. The van der Waals surface area contributed by atoms with Crippen molar-refractivity contribution in [2.45, 2.75) is 18.9 Å². The number of fused-ring (bicyclic) bond motifs is 1. The maximum absolute atomic E-state index is 12.3. The van der Waals surface area contributed by atoms with Crippen LogP contribution < -0.4 is 0 Å². The lowest BCUT2D eigenvalue weighted by Gasteiger charge is -2.26. The first-order valence-electron chi connectivity index (χ1n) is 6.37. The zero-order valence-electron chi connectivity index (χ0n) is 11.7. The van der Waals surface area contributed by atoms with Gasteiger partial charge in [-0.05, 0) is 6.42 Å². The minimum Gasteiger partial charge on any atom is -0.489 e. The van der Waals surface area contributed by atoms with E-state index in [1.807, 2.05) is 0 Å². The molecule has 2 rings (SSSR count). The smallest absolute Gasteiger partial charge is 0.337 e. The number of carbonyl (C=O) groups excluding carboxylic acids is 2. The number of esters is 2. The van der Waals surface area contributed by atoms with Crippen LogP contribution in [0, 0.1) is 11.3 Å². The van der Waals surface area contributed by atoms with Gasteiger partial charge in [-0.3, -0.25) is 4.79 Å². The number of carbonyl (C=O) groups is 2. The van der Waals surface area contributed by atoms with Gasteiger partial charge in [0.05, 0.1) is 19.8 Å². The molecule has 1 aliphatic carbocycles. The normalized spacial score (nSPS) is 31.3. The van der Waals surface area contributed by atoms with Gasteiger partial charge in [-0.25, -0.2) is 4.79 Å². The van der Waals surface area contributed by atoms with Crippen LogP contribution in [0.1, 0.15) is 12.8 Å². The van der Waals surface area contributed by atoms with Crippen molar-refractivity contribution in [2.75, 3.05) is 14.2 Å². The molecule has 0 aromatic carbocycles. The minimum absolute atomic E-state index is 0.246. The van der Waals surface area contributed by atoms with Gasteiger partial charge in [0.25, 0.3) is 0 Å². The Morgan fingerprint density at radius 1 is 1.30 bits per heavy atom. The van der Waals surface area contributed by atoms with E-state index >= 15 is 0 Å². The van der Waals surface area contributed by atoms with E-state index in [1.165, 1.54) is 14.2 Å². The van der Waals surface area contributed by atoms with Crippen LogP contribution in [-0.2, 0) is 23.8 Å². The van der Waals surface area contributed by atoms with Gasteiger partial charge < -0.3 is 14.2 Å². The second-order valence-electron chi connectivity index (χ2n) is 4.90. The SMILES string of the molecule is C=CC1CC(C(=O)OC)=C2O[C@@H](C=C)C[C@]21C(=O)OC. The lowest BCUT2D eigenvalue weighted by atomic mass is 9.74. The average molecular weight is 278 g/mol. The van der Waals surface area contributed by atoms with Crippen molar-refractivity contribution in [3.63, 3.8) is 0 Å². The highest BCUT2D eigenvalue weighted by molar-refractivity contribution is 5.94. The zero-order valence-corrected chi connectivity index (χ0v) is 11.7. The van der Waals surface area contributed by atoms with Crippen LogP contribution in [0.25, 0.3) is 0 Å². The first-order chi connectivity index (χ1) is 9.54. The minimum atomic E-state index is -0.987. The Kier molecular flexibility index (Phi) is 3.70. The molecule has 0 spiro atoms. The van der Waals surface area contributed by atoms with Gasteiger partial charge in [0.1, 0.15) is 17.3 Å². The van der Waals surface area contributed by atoms with Gasteiger partial charge in [0, 0.05) is 12.3 Å². The summed E-state index contributed by atoms with van der Waals surface area (Å²) in [7, 11) is 2.63. The second kappa shape index (κ2) is 5.15. The molecule has 0 aromatic heterocycles. The molecule has 0 N–H and O–H groups in total. The molecular weight excluding hydrogens is 260 g/mol. The Morgan fingerprint density at radius 2 is 2.00 bits per heavy atom. The molecule has 0 bridgehead atoms. The van der Waals surface area contributed by atoms with Gasteiger partial charge in [0.2, 0.25) is 0 Å². The van der Waals surface area contributed by atoms with E-state index in [0.29, 0.717) is 24.2 Å². The fourth-order valence-corrected chi connectivity index (χ4v) is 3.08. The molecule has 0 radical (unpaired) electrons. The Morgan fingerprint density at radius 3 is 2.50 bits per heavy atom. The highest BCUT2D eigenvalue weighted by atomic mass is 16.5. The third kappa shape index (κ3) is 1.77. The van der Waals surface area contributed by atoms with Gasteiger partial charge in [-0.1, -0.05) is 18.7 Å². The molecule has 5 heteroatoms. The van der Waals surface area contributed by atoms with E-state index < -0.39 is 17.4 Å². The molecule has 0 aromatic rings. The third-order valence-electron chi connectivity index (χ3n) is 4.06. The molecule has 20 heavy (non-hydrogen) atoms. The lowest BCUT2D eigenvalue weighted by Crippen LogP contribution is -2.35. The molecule has 0 amide bonds. The quantitative estimate of drug-likeness (QED) is 0.579. The summed E-state index contributed by atoms with van der Waals surface area (Å²) in [6.07, 6.45) is 3.72. The fraction of sp³-hybridized carbons (Fsp3) is 0.467. The molecule has 1 unspecified atom stereocenters. The summed E-state index contributed by atoms with van der Waals surface area (Å²) in [5.74, 6) is -0.794. The Balaban J connectivity index is 2.58. The van der Waals surface area contributed by atoms with Crippen LogP contribution in [0.15, 0.2) is 36.6 Å². The van der Waals surface area contributed by atoms with Gasteiger partial charge >= 0.3 is 11.9 Å². The predicted molar refractivity (Wildman–Crippen MR) is 71.5 cm³/mol. The summed E-state index contributed by atoms with van der Waals surface area (Å²) in [5, 5.41) is 0. The van der Waals surface area contributed by atoms with Gasteiger partial charge in [-0.15, -0.1) is 6.58 Å². The third-order valence-corrected chi connectivity index (χ3v) is 4.06. The summed E-state index contributed by atoms with van der Waals surface area (Å²) in [4.78, 5) is 24.2. The summed E-state index contributed by atoms with van der Waals surface area (Å²) in [5.41, 5.74) is -0.606. The van der Waals surface area contributed by atoms with Crippen molar-refractivity contribution in [1.82, 2.24) is 0 Å². The molecule has 1 saturated heterocycles. The number of allylic oxidation sites excluding steroid dienone is 1. The number of hydrogen-bond donors (Lipinski definition) is 0. The number of methoxy groups -OCH3 is 2. The van der Waals surface area contributed by atoms with Crippen molar-refractivity contribution in [2.24, 2.45) is 11.3 Å². The van der Waals surface area contributed by atoms with Crippen molar-refractivity contribution >= 4 is 11.9 Å². The molecule has 1 fully saturated rings. The van der Waals surface area contributed by atoms with Crippen LogP contribution in [0.5, 0.6) is 0 Å². The summed E-state index contributed by atoms with van der Waals surface area (Å²) < 4.78 is 15.5. The summed E-state index contributed by atoms with van der Waals surface area (Å²) in [6.45, 7) is 7.45. The molecule has 2 aliphatic rings. The number of ether oxygens (including phenoxy) is 3. The molecule has 108 valence electrons. The van der Waals surface area contributed by atoms with E-state index in [2.05, 4.69) is 13.2 Å². The van der Waals surface area contributed by atoms with E-state index in [0.717, 1.165) is 0 Å². The highest BCUT2D eigenvalue weighted by Gasteiger charge is 2.61. The number of rotatable bonds is 4. The largest absolute Gasteiger partial charge is 0.489 e. The Labute approximate surface area is 117 Å². The van der Waals surface area contributed by atoms with E-state index in [-0.39, 0.29) is 12.0 Å². The topological polar surface area (TPSA) is 61.8 Å². The average Bonchev–Trinajstić information content (AvgIpc) is 2.99. The highest BCUT2D eigenvalue weighted by Crippen LogP contribution is 2.57. The first-order valence-corrected chi connectivity index (χ1v) is 6.37. The molecule has 5 nitrogen and oxygen atoms in total. The Bertz CT molecular complexity index is 504.